The maximum Gasteiger partial charge on any atom is 0.146 e. The van der Waals surface area contributed by atoms with E-state index in [1.165, 1.54) is 6.07 Å². The van der Waals surface area contributed by atoms with Gasteiger partial charge in [0.2, 0.25) is 0 Å². The van der Waals surface area contributed by atoms with E-state index in [-0.39, 0.29) is 5.82 Å². The summed E-state index contributed by atoms with van der Waals surface area (Å²) >= 11 is 0. The molecule has 0 heterocycles. The van der Waals surface area contributed by atoms with Crippen molar-refractivity contribution >= 4 is 11.4 Å². The number of ether oxygens (including phenoxy) is 1. The molecule has 0 saturated carbocycles. The molecular weight excluding hydrogens is 231 g/mol. The van der Waals surface area contributed by atoms with Gasteiger partial charge in [-0.05, 0) is 36.4 Å². The van der Waals surface area contributed by atoms with Crippen molar-refractivity contribution < 1.29 is 9.13 Å². The lowest BCUT2D eigenvalue weighted by atomic mass is 10.3. The van der Waals surface area contributed by atoms with Crippen LogP contribution in [-0.2, 0) is 0 Å². The average molecular weight is 246 g/mol. The van der Waals surface area contributed by atoms with Gasteiger partial charge in [-0.1, -0.05) is 12.1 Å². The van der Waals surface area contributed by atoms with Gasteiger partial charge in [0.05, 0.1) is 5.69 Å². The van der Waals surface area contributed by atoms with Gasteiger partial charge in [-0.2, -0.15) is 0 Å². The molecule has 0 aliphatic heterocycles. The Morgan fingerprint density at radius 3 is 2.50 bits per heavy atom. The van der Waals surface area contributed by atoms with Crippen molar-refractivity contribution in [1.82, 2.24) is 0 Å². The third kappa shape index (κ3) is 3.38. The standard InChI is InChI=1S/C14H15FN2O/c15-13-3-1-2-4-14(13)17-9-10-18-12-7-5-11(16)6-8-12/h1-8,17H,9-10,16H2. The maximum atomic E-state index is 13.3. The van der Waals surface area contributed by atoms with Gasteiger partial charge in [0.1, 0.15) is 18.2 Å². The van der Waals surface area contributed by atoms with E-state index >= 15 is 0 Å². The molecule has 4 heteroatoms. The Balaban J connectivity index is 1.76. The van der Waals surface area contributed by atoms with Crippen LogP contribution >= 0.6 is 0 Å². The molecule has 0 unspecified atom stereocenters. The molecular formula is C14H15FN2O. The lowest BCUT2D eigenvalue weighted by molar-refractivity contribution is 0.333. The molecule has 0 bridgehead atoms. The molecule has 2 rings (SSSR count). The summed E-state index contributed by atoms with van der Waals surface area (Å²) in [6, 6.07) is 13.7. The van der Waals surface area contributed by atoms with E-state index in [0.717, 1.165) is 5.75 Å². The van der Waals surface area contributed by atoms with Crippen molar-refractivity contribution in [3.05, 3.63) is 54.3 Å². The highest BCUT2D eigenvalue weighted by Gasteiger charge is 1.99. The van der Waals surface area contributed by atoms with E-state index in [9.17, 15) is 4.39 Å². The van der Waals surface area contributed by atoms with E-state index < -0.39 is 0 Å². The lowest BCUT2D eigenvalue weighted by Gasteiger charge is -2.09. The van der Waals surface area contributed by atoms with E-state index in [2.05, 4.69) is 5.32 Å². The molecule has 0 aliphatic carbocycles. The van der Waals surface area contributed by atoms with Crippen LogP contribution in [0.2, 0.25) is 0 Å². The Hall–Kier alpha value is -2.23. The molecule has 18 heavy (non-hydrogen) atoms. The van der Waals surface area contributed by atoms with Crippen LogP contribution in [0.15, 0.2) is 48.5 Å². The summed E-state index contributed by atoms with van der Waals surface area (Å²) in [4.78, 5) is 0. The first-order valence-corrected chi connectivity index (χ1v) is 5.72. The van der Waals surface area contributed by atoms with Crippen LogP contribution in [0, 0.1) is 5.82 Å². The van der Waals surface area contributed by atoms with Gasteiger partial charge in [-0.25, -0.2) is 4.39 Å². The van der Waals surface area contributed by atoms with Gasteiger partial charge in [0.15, 0.2) is 0 Å². The first kappa shape index (κ1) is 12.2. The number of hydrogen-bond donors (Lipinski definition) is 2. The molecule has 0 radical (unpaired) electrons. The largest absolute Gasteiger partial charge is 0.492 e. The predicted molar refractivity (Wildman–Crippen MR) is 71.2 cm³/mol. The number of nitrogens with one attached hydrogen (secondary N) is 1. The summed E-state index contributed by atoms with van der Waals surface area (Å²) in [6.45, 7) is 0.990. The summed E-state index contributed by atoms with van der Waals surface area (Å²) in [5, 5.41) is 2.97. The van der Waals surface area contributed by atoms with Crippen LogP contribution in [0.3, 0.4) is 0 Å². The number of rotatable bonds is 5. The minimum Gasteiger partial charge on any atom is -0.492 e. The Labute approximate surface area is 105 Å². The van der Waals surface area contributed by atoms with Crippen molar-refractivity contribution in [2.75, 3.05) is 24.2 Å². The second-order valence-corrected chi connectivity index (χ2v) is 3.82. The van der Waals surface area contributed by atoms with Gasteiger partial charge < -0.3 is 15.8 Å². The molecule has 0 amide bonds. The van der Waals surface area contributed by atoms with Crippen molar-refractivity contribution in [3.63, 3.8) is 0 Å². The van der Waals surface area contributed by atoms with Crippen LogP contribution < -0.4 is 15.8 Å². The molecule has 0 aliphatic rings. The highest BCUT2D eigenvalue weighted by atomic mass is 19.1. The normalized spacial score (nSPS) is 10.1. The number of nitrogen functional groups attached to an aromatic ring is 1. The molecule has 2 aromatic rings. The van der Waals surface area contributed by atoms with Crippen molar-refractivity contribution in [2.45, 2.75) is 0 Å². The number of benzene rings is 2. The second-order valence-electron chi connectivity index (χ2n) is 3.82. The fourth-order valence-electron chi connectivity index (χ4n) is 1.52. The van der Waals surface area contributed by atoms with E-state index in [1.807, 2.05) is 0 Å². The topological polar surface area (TPSA) is 47.3 Å². The smallest absolute Gasteiger partial charge is 0.146 e. The summed E-state index contributed by atoms with van der Waals surface area (Å²) in [6.07, 6.45) is 0. The van der Waals surface area contributed by atoms with E-state index in [4.69, 9.17) is 10.5 Å². The molecule has 0 spiro atoms. The van der Waals surface area contributed by atoms with Crippen molar-refractivity contribution in [2.24, 2.45) is 0 Å². The van der Waals surface area contributed by atoms with Crippen molar-refractivity contribution in [3.8, 4) is 5.75 Å². The minimum absolute atomic E-state index is 0.259. The quantitative estimate of drug-likeness (QED) is 0.630. The molecule has 3 N–H and O–H groups in total. The molecule has 3 nitrogen and oxygen atoms in total. The van der Waals surface area contributed by atoms with Crippen LogP contribution in [0.25, 0.3) is 0 Å². The molecule has 0 aromatic heterocycles. The van der Waals surface area contributed by atoms with Crippen LogP contribution in [-0.4, -0.2) is 13.2 Å². The first-order chi connectivity index (χ1) is 8.75. The Bertz CT molecular complexity index is 499. The van der Waals surface area contributed by atoms with E-state index in [1.54, 1.807) is 42.5 Å². The average Bonchev–Trinajstić information content (AvgIpc) is 2.39. The van der Waals surface area contributed by atoms with Gasteiger partial charge >= 0.3 is 0 Å². The number of halogens is 1. The SMILES string of the molecule is Nc1ccc(OCCNc2ccccc2F)cc1. The zero-order valence-corrected chi connectivity index (χ0v) is 9.90. The number of para-hydroxylation sites is 1. The summed E-state index contributed by atoms with van der Waals surface area (Å²) in [5.74, 6) is 0.490. The number of hydrogen-bond acceptors (Lipinski definition) is 3. The summed E-state index contributed by atoms with van der Waals surface area (Å²) < 4.78 is 18.7. The Morgan fingerprint density at radius 2 is 1.78 bits per heavy atom. The van der Waals surface area contributed by atoms with Crippen molar-refractivity contribution in [1.29, 1.82) is 0 Å². The Morgan fingerprint density at radius 1 is 1.06 bits per heavy atom. The fraction of sp³-hybridized carbons (Fsp3) is 0.143. The highest BCUT2D eigenvalue weighted by molar-refractivity contribution is 5.44. The molecule has 2 aromatic carbocycles. The fourth-order valence-corrected chi connectivity index (χ4v) is 1.52. The van der Waals surface area contributed by atoms with Crippen LogP contribution in [0.1, 0.15) is 0 Å². The zero-order valence-electron chi connectivity index (χ0n) is 9.90. The summed E-state index contributed by atoms with van der Waals surface area (Å²) in [7, 11) is 0. The molecule has 0 saturated heterocycles. The molecule has 0 atom stereocenters. The first-order valence-electron chi connectivity index (χ1n) is 5.72. The third-order valence-electron chi connectivity index (χ3n) is 2.44. The maximum absolute atomic E-state index is 13.3. The lowest BCUT2D eigenvalue weighted by Crippen LogP contribution is -2.12. The number of anilines is 2. The van der Waals surface area contributed by atoms with E-state index in [0.29, 0.717) is 24.5 Å². The second kappa shape index (κ2) is 5.91. The summed E-state index contributed by atoms with van der Waals surface area (Å²) in [5.41, 5.74) is 6.75. The minimum atomic E-state index is -0.259. The molecule has 0 fully saturated rings. The van der Waals surface area contributed by atoms with Crippen LogP contribution in [0.4, 0.5) is 15.8 Å². The monoisotopic (exact) mass is 246 g/mol. The van der Waals surface area contributed by atoms with Crippen LogP contribution in [0.5, 0.6) is 5.75 Å². The predicted octanol–water partition coefficient (Wildman–Crippen LogP) is 2.90. The Kier molecular flexibility index (Phi) is 4.02. The van der Waals surface area contributed by atoms with Gasteiger partial charge in [-0.15, -0.1) is 0 Å². The van der Waals surface area contributed by atoms with Gasteiger partial charge in [0.25, 0.3) is 0 Å². The van der Waals surface area contributed by atoms with Gasteiger partial charge in [-0.3, -0.25) is 0 Å². The number of nitrogens with two attached hydrogens (primary N) is 1. The highest BCUT2D eigenvalue weighted by Crippen LogP contribution is 2.14. The zero-order chi connectivity index (χ0) is 12.8. The molecule has 94 valence electrons. The third-order valence-corrected chi connectivity index (χ3v) is 2.44. The van der Waals surface area contributed by atoms with Gasteiger partial charge in [0, 0.05) is 12.2 Å².